The summed E-state index contributed by atoms with van der Waals surface area (Å²) in [5.74, 6) is 0. The second-order valence-electron chi connectivity index (χ2n) is 2.85. The molecule has 80 valence electrons. The summed E-state index contributed by atoms with van der Waals surface area (Å²) in [5.41, 5.74) is -0.813. The zero-order valence-corrected chi connectivity index (χ0v) is 8.50. The van der Waals surface area contributed by atoms with Gasteiger partial charge in [0.25, 0.3) is 0 Å². The summed E-state index contributed by atoms with van der Waals surface area (Å²) in [6.45, 7) is 0. The second-order valence-corrected chi connectivity index (χ2v) is 3.64. The van der Waals surface area contributed by atoms with Gasteiger partial charge in [0.15, 0.2) is 0 Å². The van der Waals surface area contributed by atoms with Crippen molar-refractivity contribution in [3.05, 3.63) is 28.0 Å². The van der Waals surface area contributed by atoms with Gasteiger partial charge in [0, 0.05) is 11.6 Å². The van der Waals surface area contributed by atoms with E-state index in [0.29, 0.717) is 0 Å². The number of H-pyrrole nitrogens is 1. The summed E-state index contributed by atoms with van der Waals surface area (Å²) in [4.78, 5) is 6.07. The van der Waals surface area contributed by atoms with Crippen LogP contribution in [0.5, 0.6) is 0 Å². The van der Waals surface area contributed by atoms with Gasteiger partial charge in [0.1, 0.15) is 10.8 Å². The van der Waals surface area contributed by atoms with Crippen LogP contribution >= 0.6 is 23.2 Å². The number of aromatic nitrogens is 2. The van der Waals surface area contributed by atoms with Gasteiger partial charge in [-0.05, 0) is 6.07 Å². The quantitative estimate of drug-likeness (QED) is 0.711. The zero-order chi connectivity index (χ0) is 11.2. The van der Waals surface area contributed by atoms with Crippen LogP contribution in [0.15, 0.2) is 12.3 Å². The lowest BCUT2D eigenvalue weighted by atomic mass is 10.2. The van der Waals surface area contributed by atoms with Gasteiger partial charge in [-0.3, -0.25) is 0 Å². The highest BCUT2D eigenvalue weighted by molar-refractivity contribution is 6.37. The third-order valence-corrected chi connectivity index (χ3v) is 2.36. The van der Waals surface area contributed by atoms with Crippen molar-refractivity contribution in [2.24, 2.45) is 0 Å². The fourth-order valence-electron chi connectivity index (χ4n) is 1.28. The highest BCUT2D eigenvalue weighted by atomic mass is 35.5. The van der Waals surface area contributed by atoms with Crippen molar-refractivity contribution in [1.82, 2.24) is 9.97 Å². The minimum Gasteiger partial charge on any atom is -0.345 e. The van der Waals surface area contributed by atoms with Crippen LogP contribution < -0.4 is 0 Å². The predicted molar refractivity (Wildman–Crippen MR) is 51.1 cm³/mol. The number of pyridine rings is 1. The molecule has 0 fully saturated rings. The molecule has 0 saturated heterocycles. The largest absolute Gasteiger partial charge is 0.418 e. The van der Waals surface area contributed by atoms with E-state index in [1.54, 1.807) is 0 Å². The van der Waals surface area contributed by atoms with E-state index in [2.05, 4.69) is 9.97 Å². The molecule has 0 bridgehead atoms. The Balaban J connectivity index is 2.81. The number of alkyl halides is 3. The van der Waals surface area contributed by atoms with Gasteiger partial charge in [0.05, 0.1) is 10.6 Å². The smallest absolute Gasteiger partial charge is 0.345 e. The first-order valence-electron chi connectivity index (χ1n) is 3.80. The summed E-state index contributed by atoms with van der Waals surface area (Å²) in [7, 11) is 0. The number of rotatable bonds is 0. The average molecular weight is 255 g/mol. The van der Waals surface area contributed by atoms with Crippen LogP contribution in [0.25, 0.3) is 11.0 Å². The Hall–Kier alpha value is -0.940. The van der Waals surface area contributed by atoms with E-state index in [9.17, 15) is 13.2 Å². The summed E-state index contributed by atoms with van der Waals surface area (Å²) >= 11 is 11.2. The van der Waals surface area contributed by atoms with Gasteiger partial charge >= 0.3 is 6.18 Å². The van der Waals surface area contributed by atoms with Crippen molar-refractivity contribution in [2.45, 2.75) is 6.18 Å². The lowest BCUT2D eigenvalue weighted by Gasteiger charge is -2.04. The van der Waals surface area contributed by atoms with Crippen molar-refractivity contribution >= 4 is 34.2 Å². The molecule has 2 heterocycles. The maximum atomic E-state index is 12.5. The Kier molecular flexibility index (Phi) is 2.31. The lowest BCUT2D eigenvalue weighted by Crippen LogP contribution is -2.03. The van der Waals surface area contributed by atoms with Gasteiger partial charge < -0.3 is 4.98 Å². The van der Waals surface area contributed by atoms with Gasteiger partial charge in [-0.1, -0.05) is 23.2 Å². The lowest BCUT2D eigenvalue weighted by molar-refractivity contribution is -0.136. The Morgan fingerprint density at radius 3 is 2.53 bits per heavy atom. The maximum Gasteiger partial charge on any atom is 0.418 e. The van der Waals surface area contributed by atoms with Gasteiger partial charge in [-0.15, -0.1) is 0 Å². The van der Waals surface area contributed by atoms with Crippen LogP contribution in [-0.4, -0.2) is 9.97 Å². The summed E-state index contributed by atoms with van der Waals surface area (Å²) < 4.78 is 37.5. The third-order valence-electron chi connectivity index (χ3n) is 1.87. The van der Waals surface area contributed by atoms with Crippen LogP contribution in [0.1, 0.15) is 5.56 Å². The van der Waals surface area contributed by atoms with Crippen molar-refractivity contribution < 1.29 is 13.2 Å². The third kappa shape index (κ3) is 1.77. The average Bonchev–Trinajstić information content (AvgIpc) is 2.45. The van der Waals surface area contributed by atoms with Gasteiger partial charge in [0.2, 0.25) is 0 Å². The minimum atomic E-state index is -4.46. The van der Waals surface area contributed by atoms with E-state index in [0.717, 1.165) is 6.20 Å². The summed E-state index contributed by atoms with van der Waals surface area (Å²) in [6, 6.07) is 1.18. The molecule has 0 amide bonds. The van der Waals surface area contributed by atoms with E-state index in [1.807, 2.05) is 0 Å². The molecular weight excluding hydrogens is 252 g/mol. The number of hydrogen-bond donors (Lipinski definition) is 1. The molecule has 0 unspecified atom stereocenters. The number of fused-ring (bicyclic) bond motifs is 1. The molecule has 0 aliphatic rings. The van der Waals surface area contributed by atoms with Gasteiger partial charge in [-0.25, -0.2) is 4.98 Å². The Morgan fingerprint density at radius 1 is 1.27 bits per heavy atom. The number of nitrogens with zero attached hydrogens (tertiary/aromatic N) is 1. The molecule has 15 heavy (non-hydrogen) atoms. The molecular formula is C8H3Cl2F3N2. The zero-order valence-electron chi connectivity index (χ0n) is 6.99. The fourth-order valence-corrected chi connectivity index (χ4v) is 1.83. The molecule has 2 aromatic heterocycles. The molecule has 7 heteroatoms. The molecule has 2 aromatic rings. The number of aromatic amines is 1. The minimum absolute atomic E-state index is 0.0276. The normalized spacial score (nSPS) is 12.3. The highest BCUT2D eigenvalue weighted by Crippen LogP contribution is 2.38. The predicted octanol–water partition coefficient (Wildman–Crippen LogP) is 3.89. The van der Waals surface area contributed by atoms with Crippen molar-refractivity contribution in [3.63, 3.8) is 0 Å². The van der Waals surface area contributed by atoms with Crippen LogP contribution in [0.3, 0.4) is 0 Å². The van der Waals surface area contributed by atoms with E-state index in [4.69, 9.17) is 23.2 Å². The molecule has 0 atom stereocenters. The summed E-state index contributed by atoms with van der Waals surface area (Å²) in [5, 5.41) is -0.185. The first-order valence-corrected chi connectivity index (χ1v) is 4.55. The standard InChI is InChI=1S/C8H3Cl2F3N2/c9-4-1-5(10)15-7-6(4)3(2-14-7)8(11,12)13/h1-2H,(H,14,15). The molecule has 0 saturated carbocycles. The Morgan fingerprint density at radius 2 is 1.93 bits per heavy atom. The van der Waals surface area contributed by atoms with Gasteiger partial charge in [-0.2, -0.15) is 13.2 Å². The number of nitrogens with one attached hydrogen (secondary N) is 1. The second kappa shape index (κ2) is 3.28. The Labute approximate surface area is 92.0 Å². The molecule has 0 aliphatic carbocycles. The van der Waals surface area contributed by atoms with Crippen LogP contribution in [0.4, 0.5) is 13.2 Å². The molecule has 1 N–H and O–H groups in total. The highest BCUT2D eigenvalue weighted by Gasteiger charge is 2.34. The van der Waals surface area contributed by atoms with E-state index in [1.165, 1.54) is 6.07 Å². The Bertz CT molecular complexity index is 518. The maximum absolute atomic E-state index is 12.5. The van der Waals surface area contributed by atoms with Crippen molar-refractivity contribution in [2.75, 3.05) is 0 Å². The van der Waals surface area contributed by atoms with E-state index >= 15 is 0 Å². The van der Waals surface area contributed by atoms with Crippen molar-refractivity contribution in [3.8, 4) is 0 Å². The molecule has 2 rings (SSSR count). The summed E-state index contributed by atoms with van der Waals surface area (Å²) in [6.07, 6.45) is -3.64. The van der Waals surface area contributed by atoms with Crippen LogP contribution in [-0.2, 0) is 6.18 Å². The SMILES string of the molecule is FC(F)(F)c1c[nH]c2nc(Cl)cc(Cl)c12. The van der Waals surface area contributed by atoms with E-state index in [-0.39, 0.29) is 21.2 Å². The topological polar surface area (TPSA) is 28.7 Å². The van der Waals surface area contributed by atoms with Crippen LogP contribution in [0, 0.1) is 0 Å². The molecule has 2 nitrogen and oxygen atoms in total. The molecule has 0 radical (unpaired) electrons. The van der Waals surface area contributed by atoms with E-state index < -0.39 is 11.7 Å². The molecule has 0 aliphatic heterocycles. The van der Waals surface area contributed by atoms with Crippen molar-refractivity contribution in [1.29, 1.82) is 0 Å². The fraction of sp³-hybridized carbons (Fsp3) is 0.125. The van der Waals surface area contributed by atoms with Crippen LogP contribution in [0.2, 0.25) is 10.2 Å². The molecule has 0 aromatic carbocycles. The first-order chi connectivity index (χ1) is 6.89. The number of halogens is 5. The monoisotopic (exact) mass is 254 g/mol. The number of hydrogen-bond acceptors (Lipinski definition) is 1. The molecule has 0 spiro atoms. The first kappa shape index (κ1) is 10.6.